The lowest BCUT2D eigenvalue weighted by atomic mass is 10.2. The number of aryl methyl sites for hydroxylation is 2. The molecule has 0 bridgehead atoms. The smallest absolute Gasteiger partial charge is 0.266 e. The van der Waals surface area contributed by atoms with Crippen molar-refractivity contribution in [3.63, 3.8) is 0 Å². The van der Waals surface area contributed by atoms with Crippen molar-refractivity contribution in [1.82, 2.24) is 14.3 Å². The molecule has 6 heteroatoms. The van der Waals surface area contributed by atoms with Crippen LogP contribution in [0.1, 0.15) is 49.3 Å². The molecule has 24 heavy (non-hydrogen) atoms. The summed E-state index contributed by atoms with van der Waals surface area (Å²) in [6.45, 7) is 7.71. The highest BCUT2D eigenvalue weighted by atomic mass is 16.3. The number of aliphatic hydroxyl groups excluding tert-OH is 1. The van der Waals surface area contributed by atoms with Crippen molar-refractivity contribution in [2.75, 3.05) is 6.61 Å². The molecule has 132 valence electrons. The summed E-state index contributed by atoms with van der Waals surface area (Å²) in [6.07, 6.45) is 3.18. The van der Waals surface area contributed by atoms with Gasteiger partial charge in [0.1, 0.15) is 11.4 Å². The number of hydrogen-bond donors (Lipinski definition) is 2. The molecule has 0 aliphatic rings. The van der Waals surface area contributed by atoms with Crippen LogP contribution < -0.4 is 5.73 Å². The fourth-order valence-electron chi connectivity index (χ4n) is 2.83. The van der Waals surface area contributed by atoms with Crippen molar-refractivity contribution < 1.29 is 9.90 Å². The highest BCUT2D eigenvalue weighted by Gasteiger charge is 2.17. The van der Waals surface area contributed by atoms with E-state index >= 15 is 0 Å². The van der Waals surface area contributed by atoms with Crippen LogP contribution in [0.15, 0.2) is 18.2 Å². The Labute approximate surface area is 143 Å². The number of rotatable bonds is 9. The average Bonchev–Trinajstić information content (AvgIpc) is 3.12. The van der Waals surface area contributed by atoms with E-state index in [1.165, 1.54) is 0 Å². The number of carbonyl (C=O) groups excluding carboxylic acids is 1. The summed E-state index contributed by atoms with van der Waals surface area (Å²) in [5.41, 5.74) is 8.76. The maximum Gasteiger partial charge on any atom is 0.266 e. The second kappa shape index (κ2) is 8.15. The van der Waals surface area contributed by atoms with E-state index in [9.17, 15) is 9.90 Å². The van der Waals surface area contributed by atoms with Crippen LogP contribution in [-0.4, -0.2) is 32.0 Å². The molecule has 2 aromatic rings. The molecular formula is C18H28N4O2. The zero-order valence-corrected chi connectivity index (χ0v) is 14.8. The van der Waals surface area contributed by atoms with Gasteiger partial charge in [-0.3, -0.25) is 9.48 Å². The van der Waals surface area contributed by atoms with Crippen LogP contribution in [-0.2, 0) is 13.1 Å². The predicted molar refractivity (Wildman–Crippen MR) is 94.7 cm³/mol. The summed E-state index contributed by atoms with van der Waals surface area (Å²) in [4.78, 5) is 11.7. The van der Waals surface area contributed by atoms with Gasteiger partial charge in [0, 0.05) is 25.4 Å². The van der Waals surface area contributed by atoms with Crippen molar-refractivity contribution in [2.45, 2.75) is 53.1 Å². The SMILES string of the molecule is CCCCCn1nc(-c2ccc(C)n2CC(C)CO)cc1C(N)=O. The third kappa shape index (κ3) is 4.06. The van der Waals surface area contributed by atoms with E-state index in [-0.39, 0.29) is 12.5 Å². The van der Waals surface area contributed by atoms with E-state index in [0.29, 0.717) is 18.8 Å². The Morgan fingerprint density at radius 3 is 2.75 bits per heavy atom. The van der Waals surface area contributed by atoms with Gasteiger partial charge in [0.25, 0.3) is 5.91 Å². The molecule has 6 nitrogen and oxygen atoms in total. The van der Waals surface area contributed by atoms with Gasteiger partial charge in [-0.2, -0.15) is 5.10 Å². The Balaban J connectivity index is 2.35. The molecule has 0 aliphatic carbocycles. The number of aliphatic hydroxyl groups is 1. The zero-order chi connectivity index (χ0) is 17.7. The topological polar surface area (TPSA) is 86.1 Å². The van der Waals surface area contributed by atoms with Crippen LogP contribution in [0.25, 0.3) is 11.4 Å². The number of nitrogens with zero attached hydrogens (tertiary/aromatic N) is 3. The minimum Gasteiger partial charge on any atom is -0.396 e. The first-order valence-corrected chi connectivity index (χ1v) is 8.62. The molecule has 0 aromatic carbocycles. The second-order valence-corrected chi connectivity index (χ2v) is 6.47. The molecule has 2 aromatic heterocycles. The molecule has 0 radical (unpaired) electrons. The molecule has 2 rings (SSSR count). The minimum absolute atomic E-state index is 0.134. The molecule has 1 atom stereocenters. The van der Waals surface area contributed by atoms with Crippen molar-refractivity contribution in [3.8, 4) is 11.4 Å². The summed E-state index contributed by atoms with van der Waals surface area (Å²) in [6, 6.07) is 5.80. The molecule has 3 N–H and O–H groups in total. The van der Waals surface area contributed by atoms with Crippen LogP contribution in [0.5, 0.6) is 0 Å². The number of amides is 1. The second-order valence-electron chi connectivity index (χ2n) is 6.47. The van der Waals surface area contributed by atoms with E-state index in [4.69, 9.17) is 5.73 Å². The van der Waals surface area contributed by atoms with E-state index in [1.807, 2.05) is 26.0 Å². The van der Waals surface area contributed by atoms with Gasteiger partial charge in [-0.1, -0.05) is 26.7 Å². The van der Waals surface area contributed by atoms with Gasteiger partial charge >= 0.3 is 0 Å². The Morgan fingerprint density at radius 2 is 2.12 bits per heavy atom. The maximum atomic E-state index is 11.7. The van der Waals surface area contributed by atoms with Gasteiger partial charge in [-0.15, -0.1) is 0 Å². The fourth-order valence-corrected chi connectivity index (χ4v) is 2.83. The van der Waals surface area contributed by atoms with Crippen LogP contribution >= 0.6 is 0 Å². The van der Waals surface area contributed by atoms with E-state index < -0.39 is 5.91 Å². The van der Waals surface area contributed by atoms with Crippen molar-refractivity contribution >= 4 is 5.91 Å². The van der Waals surface area contributed by atoms with Crippen molar-refractivity contribution in [1.29, 1.82) is 0 Å². The van der Waals surface area contributed by atoms with Gasteiger partial charge in [0.2, 0.25) is 0 Å². The van der Waals surface area contributed by atoms with Crippen LogP contribution in [0, 0.1) is 12.8 Å². The first-order valence-electron chi connectivity index (χ1n) is 8.62. The molecule has 2 heterocycles. The molecule has 1 amide bonds. The van der Waals surface area contributed by atoms with Crippen LogP contribution in [0.2, 0.25) is 0 Å². The van der Waals surface area contributed by atoms with Crippen LogP contribution in [0.3, 0.4) is 0 Å². The lowest BCUT2D eigenvalue weighted by Crippen LogP contribution is -2.17. The van der Waals surface area contributed by atoms with Crippen molar-refractivity contribution in [2.24, 2.45) is 11.7 Å². The van der Waals surface area contributed by atoms with E-state index in [1.54, 1.807) is 10.7 Å². The van der Waals surface area contributed by atoms with Gasteiger partial charge in [0.15, 0.2) is 0 Å². The molecule has 0 saturated carbocycles. The first kappa shape index (κ1) is 18.3. The third-order valence-electron chi connectivity index (χ3n) is 4.27. The minimum atomic E-state index is -0.455. The molecule has 0 fully saturated rings. The number of hydrogen-bond acceptors (Lipinski definition) is 3. The van der Waals surface area contributed by atoms with Gasteiger partial charge in [-0.05, 0) is 37.5 Å². The maximum absolute atomic E-state index is 11.7. The summed E-state index contributed by atoms with van der Waals surface area (Å²) in [7, 11) is 0. The molecule has 0 saturated heterocycles. The molecule has 0 spiro atoms. The number of aromatic nitrogens is 3. The van der Waals surface area contributed by atoms with Crippen LogP contribution in [0.4, 0.5) is 0 Å². The number of unbranched alkanes of at least 4 members (excludes halogenated alkanes) is 2. The van der Waals surface area contributed by atoms with Crippen molar-refractivity contribution in [3.05, 3.63) is 29.6 Å². The zero-order valence-electron chi connectivity index (χ0n) is 14.8. The Bertz CT molecular complexity index is 687. The normalized spacial score (nSPS) is 12.5. The Morgan fingerprint density at radius 1 is 1.38 bits per heavy atom. The first-order chi connectivity index (χ1) is 11.5. The lowest BCUT2D eigenvalue weighted by molar-refractivity contribution is 0.0989. The van der Waals surface area contributed by atoms with E-state index in [0.717, 1.165) is 36.3 Å². The van der Waals surface area contributed by atoms with Gasteiger partial charge in [0.05, 0.1) is 5.69 Å². The highest BCUT2D eigenvalue weighted by Crippen LogP contribution is 2.24. The standard InChI is InChI=1S/C18H28N4O2/c1-4-5-6-9-22-17(18(19)24)10-15(20-22)16-8-7-14(3)21(16)11-13(2)12-23/h7-8,10,13,23H,4-6,9,11-12H2,1-3H3,(H2,19,24). The quantitative estimate of drug-likeness (QED) is 0.692. The van der Waals surface area contributed by atoms with E-state index in [2.05, 4.69) is 16.6 Å². The third-order valence-corrected chi connectivity index (χ3v) is 4.27. The highest BCUT2D eigenvalue weighted by molar-refractivity contribution is 5.92. The summed E-state index contributed by atoms with van der Waals surface area (Å²) >= 11 is 0. The molecular weight excluding hydrogens is 304 g/mol. The molecule has 0 aliphatic heterocycles. The summed E-state index contributed by atoms with van der Waals surface area (Å²) in [5.74, 6) is -0.305. The van der Waals surface area contributed by atoms with Gasteiger partial charge < -0.3 is 15.4 Å². The number of carbonyl (C=O) groups is 1. The largest absolute Gasteiger partial charge is 0.396 e. The summed E-state index contributed by atoms with van der Waals surface area (Å²) < 4.78 is 3.85. The number of primary amides is 1. The summed E-state index contributed by atoms with van der Waals surface area (Å²) in [5, 5.41) is 13.9. The average molecular weight is 332 g/mol. The predicted octanol–water partition coefficient (Wildman–Crippen LogP) is 2.58. The Hall–Kier alpha value is -2.08. The fraction of sp³-hybridized carbons (Fsp3) is 0.556. The molecule has 1 unspecified atom stereocenters. The Kier molecular flexibility index (Phi) is 6.20. The lowest BCUT2D eigenvalue weighted by Gasteiger charge is -2.14. The van der Waals surface area contributed by atoms with Gasteiger partial charge in [-0.25, -0.2) is 0 Å². The monoisotopic (exact) mass is 332 g/mol. The number of nitrogens with two attached hydrogens (primary N) is 1.